The van der Waals surface area contributed by atoms with Crippen molar-refractivity contribution >= 4 is 23.2 Å². The molecular weight excluding hydrogens is 264 g/mol. The molecule has 0 unspecified atom stereocenters. The Balaban J connectivity index is 2.07. The average Bonchev–Trinajstić information content (AvgIpc) is 2.28. The van der Waals surface area contributed by atoms with Gasteiger partial charge < -0.3 is 4.74 Å². The van der Waals surface area contributed by atoms with Gasteiger partial charge in [0.15, 0.2) is 0 Å². The van der Waals surface area contributed by atoms with Crippen molar-refractivity contribution in [2.75, 3.05) is 0 Å². The zero-order valence-corrected chi connectivity index (χ0v) is 10.2. The minimum atomic E-state index is -0.403. The van der Waals surface area contributed by atoms with Gasteiger partial charge in [0, 0.05) is 16.7 Å². The number of benzene rings is 1. The van der Waals surface area contributed by atoms with Crippen LogP contribution in [0.4, 0.5) is 4.39 Å². The van der Waals surface area contributed by atoms with Crippen LogP contribution >= 0.6 is 23.2 Å². The van der Waals surface area contributed by atoms with Crippen molar-refractivity contribution in [3.8, 4) is 5.88 Å². The molecule has 1 aromatic carbocycles. The highest BCUT2D eigenvalue weighted by atomic mass is 35.5. The van der Waals surface area contributed by atoms with Crippen LogP contribution in [0.1, 0.15) is 5.56 Å². The molecule has 0 aliphatic rings. The quantitative estimate of drug-likeness (QED) is 0.784. The fourth-order valence-electron chi connectivity index (χ4n) is 1.26. The van der Waals surface area contributed by atoms with Gasteiger partial charge in [0.25, 0.3) is 0 Å². The van der Waals surface area contributed by atoms with Crippen LogP contribution in [0.25, 0.3) is 0 Å². The third kappa shape index (κ3) is 3.32. The lowest BCUT2D eigenvalue weighted by Crippen LogP contribution is -1.99. The molecule has 2 aromatic rings. The van der Waals surface area contributed by atoms with Crippen LogP contribution in [0, 0.1) is 5.82 Å². The Labute approximate surface area is 108 Å². The van der Waals surface area contributed by atoms with E-state index in [1.807, 2.05) is 0 Å². The maximum atomic E-state index is 13.4. The Bertz CT molecular complexity index is 534. The smallest absolute Gasteiger partial charge is 0.214 e. The molecular formula is C12H8Cl2FNO. The standard InChI is InChI=1S/C12H8Cl2FNO/c13-9-5-4-8(10(15)6-9)7-17-12-3-1-2-11(14)16-12/h1-6H,7H2. The fraction of sp³-hybridized carbons (Fsp3) is 0.0833. The molecule has 0 atom stereocenters. The average molecular weight is 272 g/mol. The molecule has 5 heteroatoms. The molecule has 2 rings (SSSR count). The molecule has 1 aromatic heterocycles. The lowest BCUT2D eigenvalue weighted by Gasteiger charge is -2.06. The summed E-state index contributed by atoms with van der Waals surface area (Å²) in [5.41, 5.74) is 0.413. The van der Waals surface area contributed by atoms with Gasteiger partial charge in [-0.15, -0.1) is 0 Å². The maximum absolute atomic E-state index is 13.4. The molecule has 0 radical (unpaired) electrons. The molecule has 0 fully saturated rings. The van der Waals surface area contributed by atoms with Gasteiger partial charge >= 0.3 is 0 Å². The first-order valence-corrected chi connectivity index (χ1v) is 5.60. The van der Waals surface area contributed by atoms with Crippen LogP contribution in [0.2, 0.25) is 10.2 Å². The molecule has 0 saturated heterocycles. The van der Waals surface area contributed by atoms with Gasteiger partial charge in [-0.3, -0.25) is 0 Å². The Morgan fingerprint density at radius 1 is 1.18 bits per heavy atom. The SMILES string of the molecule is Fc1cc(Cl)ccc1COc1cccc(Cl)n1. The Kier molecular flexibility index (Phi) is 3.82. The van der Waals surface area contributed by atoms with Crippen molar-refractivity contribution in [3.63, 3.8) is 0 Å². The van der Waals surface area contributed by atoms with E-state index >= 15 is 0 Å². The second-order valence-corrected chi connectivity index (χ2v) is 4.15. The van der Waals surface area contributed by atoms with Crippen molar-refractivity contribution < 1.29 is 9.13 Å². The number of aromatic nitrogens is 1. The van der Waals surface area contributed by atoms with Gasteiger partial charge in [-0.2, -0.15) is 0 Å². The van der Waals surface area contributed by atoms with E-state index in [0.29, 0.717) is 21.6 Å². The summed E-state index contributed by atoms with van der Waals surface area (Å²) in [6.07, 6.45) is 0. The van der Waals surface area contributed by atoms with Gasteiger partial charge in [-0.05, 0) is 18.2 Å². The molecule has 0 N–H and O–H groups in total. The predicted molar refractivity (Wildman–Crippen MR) is 65.0 cm³/mol. The minimum Gasteiger partial charge on any atom is -0.473 e. The minimum absolute atomic E-state index is 0.0797. The maximum Gasteiger partial charge on any atom is 0.214 e. The second kappa shape index (κ2) is 5.34. The van der Waals surface area contributed by atoms with E-state index in [-0.39, 0.29) is 6.61 Å². The van der Waals surface area contributed by atoms with Crippen LogP contribution in [0.5, 0.6) is 5.88 Å². The van der Waals surface area contributed by atoms with Gasteiger partial charge in [0.1, 0.15) is 17.6 Å². The van der Waals surface area contributed by atoms with E-state index in [2.05, 4.69) is 4.98 Å². The molecule has 88 valence electrons. The van der Waals surface area contributed by atoms with Gasteiger partial charge in [0.05, 0.1) is 0 Å². The first kappa shape index (κ1) is 12.1. The summed E-state index contributed by atoms with van der Waals surface area (Å²) in [7, 11) is 0. The zero-order chi connectivity index (χ0) is 12.3. The molecule has 0 aliphatic heterocycles. The summed E-state index contributed by atoms with van der Waals surface area (Å²) >= 11 is 11.3. The van der Waals surface area contributed by atoms with Crippen LogP contribution in [-0.2, 0) is 6.61 Å². The van der Waals surface area contributed by atoms with Crippen LogP contribution < -0.4 is 4.74 Å². The molecule has 17 heavy (non-hydrogen) atoms. The first-order chi connectivity index (χ1) is 8.15. The van der Waals surface area contributed by atoms with Crippen molar-refractivity contribution in [1.82, 2.24) is 4.98 Å². The number of pyridine rings is 1. The van der Waals surface area contributed by atoms with Crippen molar-refractivity contribution in [3.05, 3.63) is 58.0 Å². The summed E-state index contributed by atoms with van der Waals surface area (Å²) in [4.78, 5) is 3.93. The van der Waals surface area contributed by atoms with Crippen LogP contribution in [0.3, 0.4) is 0 Å². The van der Waals surface area contributed by atoms with E-state index in [1.54, 1.807) is 30.3 Å². The highest BCUT2D eigenvalue weighted by Gasteiger charge is 2.04. The predicted octanol–water partition coefficient (Wildman–Crippen LogP) is 4.11. The monoisotopic (exact) mass is 271 g/mol. The lowest BCUT2D eigenvalue weighted by atomic mass is 10.2. The molecule has 2 nitrogen and oxygen atoms in total. The van der Waals surface area contributed by atoms with E-state index in [0.717, 1.165) is 0 Å². The summed E-state index contributed by atoms with van der Waals surface area (Å²) in [6, 6.07) is 9.42. The highest BCUT2D eigenvalue weighted by molar-refractivity contribution is 6.30. The van der Waals surface area contributed by atoms with E-state index in [4.69, 9.17) is 27.9 Å². The third-order valence-corrected chi connectivity index (χ3v) is 2.53. The highest BCUT2D eigenvalue weighted by Crippen LogP contribution is 2.17. The van der Waals surface area contributed by atoms with E-state index in [9.17, 15) is 4.39 Å². The number of ether oxygens (including phenoxy) is 1. The zero-order valence-electron chi connectivity index (χ0n) is 8.66. The molecule has 0 bridgehead atoms. The molecule has 0 saturated carbocycles. The summed E-state index contributed by atoms with van der Waals surface area (Å²) in [5.74, 6) is -0.0496. The van der Waals surface area contributed by atoms with E-state index < -0.39 is 5.82 Å². The fourth-order valence-corrected chi connectivity index (χ4v) is 1.58. The largest absolute Gasteiger partial charge is 0.473 e. The van der Waals surface area contributed by atoms with Crippen molar-refractivity contribution in [2.24, 2.45) is 0 Å². The molecule has 0 spiro atoms. The number of halogens is 3. The van der Waals surface area contributed by atoms with Gasteiger partial charge in [-0.1, -0.05) is 35.3 Å². The second-order valence-electron chi connectivity index (χ2n) is 3.32. The number of nitrogens with zero attached hydrogens (tertiary/aromatic N) is 1. The van der Waals surface area contributed by atoms with Crippen molar-refractivity contribution in [2.45, 2.75) is 6.61 Å². The number of rotatable bonds is 3. The van der Waals surface area contributed by atoms with Gasteiger partial charge in [-0.25, -0.2) is 9.37 Å². The van der Waals surface area contributed by atoms with Gasteiger partial charge in [0.2, 0.25) is 5.88 Å². The van der Waals surface area contributed by atoms with E-state index in [1.165, 1.54) is 6.07 Å². The van der Waals surface area contributed by atoms with Crippen LogP contribution in [0.15, 0.2) is 36.4 Å². The molecule has 1 heterocycles. The van der Waals surface area contributed by atoms with Crippen molar-refractivity contribution in [1.29, 1.82) is 0 Å². The third-order valence-electron chi connectivity index (χ3n) is 2.08. The Morgan fingerprint density at radius 2 is 2.00 bits per heavy atom. The number of hydrogen-bond acceptors (Lipinski definition) is 2. The summed E-state index contributed by atoms with van der Waals surface area (Å²) < 4.78 is 18.7. The number of hydrogen-bond donors (Lipinski definition) is 0. The summed E-state index contributed by atoms with van der Waals surface area (Å²) in [6.45, 7) is 0.0797. The lowest BCUT2D eigenvalue weighted by molar-refractivity contribution is 0.288. The Morgan fingerprint density at radius 3 is 2.71 bits per heavy atom. The molecule has 0 amide bonds. The first-order valence-electron chi connectivity index (χ1n) is 4.84. The Hall–Kier alpha value is -1.32. The van der Waals surface area contributed by atoms with Crippen LogP contribution in [-0.4, -0.2) is 4.98 Å². The normalized spacial score (nSPS) is 10.3. The summed E-state index contributed by atoms with van der Waals surface area (Å²) in [5, 5.41) is 0.686. The topological polar surface area (TPSA) is 22.1 Å². The molecule has 0 aliphatic carbocycles.